The van der Waals surface area contributed by atoms with E-state index in [-0.39, 0.29) is 17.8 Å². The molecular formula is C17H23FN2O2S. The number of benzene rings is 1. The lowest BCUT2D eigenvalue weighted by Crippen LogP contribution is -2.56. The summed E-state index contributed by atoms with van der Waals surface area (Å²) in [5.74, 6) is 1.01. The van der Waals surface area contributed by atoms with Crippen LogP contribution in [0.15, 0.2) is 24.3 Å². The van der Waals surface area contributed by atoms with Crippen LogP contribution in [0.4, 0.5) is 4.39 Å². The second-order valence-electron chi connectivity index (χ2n) is 6.39. The zero-order valence-electron chi connectivity index (χ0n) is 13.4. The van der Waals surface area contributed by atoms with Crippen molar-refractivity contribution in [1.29, 1.82) is 0 Å². The lowest BCUT2D eigenvalue weighted by Gasteiger charge is -2.40. The summed E-state index contributed by atoms with van der Waals surface area (Å²) >= 11 is 1.63. The highest BCUT2D eigenvalue weighted by molar-refractivity contribution is 7.99. The van der Waals surface area contributed by atoms with Gasteiger partial charge in [0.25, 0.3) is 5.91 Å². The lowest BCUT2D eigenvalue weighted by atomic mass is 10.0. The van der Waals surface area contributed by atoms with Crippen LogP contribution in [0.5, 0.6) is 0 Å². The Morgan fingerprint density at radius 3 is 2.70 bits per heavy atom. The number of nitrogens with zero attached hydrogens (tertiary/aromatic N) is 2. The van der Waals surface area contributed by atoms with Crippen LogP contribution in [0.1, 0.15) is 24.9 Å². The van der Waals surface area contributed by atoms with Crippen LogP contribution >= 0.6 is 11.8 Å². The summed E-state index contributed by atoms with van der Waals surface area (Å²) in [7, 11) is 0. The van der Waals surface area contributed by atoms with Crippen LogP contribution in [-0.4, -0.2) is 64.1 Å². The molecule has 2 heterocycles. The van der Waals surface area contributed by atoms with Gasteiger partial charge in [0.05, 0.1) is 0 Å². The second kappa shape index (κ2) is 6.79. The van der Waals surface area contributed by atoms with E-state index in [0.717, 1.165) is 24.4 Å². The third-order valence-corrected chi connectivity index (χ3v) is 6.05. The molecule has 1 amide bonds. The van der Waals surface area contributed by atoms with E-state index in [4.69, 9.17) is 0 Å². The summed E-state index contributed by atoms with van der Waals surface area (Å²) in [5.41, 5.74) is -0.211. The largest absolute Gasteiger partial charge is 0.379 e. The fourth-order valence-corrected chi connectivity index (χ4v) is 4.54. The number of aliphatic hydroxyl groups is 1. The number of thioether (sulfide) groups is 1. The molecule has 2 atom stereocenters. The molecule has 2 fully saturated rings. The average Bonchev–Trinajstić information content (AvgIpc) is 3.01. The minimum Gasteiger partial charge on any atom is -0.379 e. The normalized spacial score (nSPS) is 27.2. The monoisotopic (exact) mass is 338 g/mol. The van der Waals surface area contributed by atoms with Gasteiger partial charge in [0.1, 0.15) is 5.82 Å². The molecule has 0 aromatic heterocycles. The third kappa shape index (κ3) is 3.54. The van der Waals surface area contributed by atoms with Crippen molar-refractivity contribution in [3.63, 3.8) is 0 Å². The molecule has 6 heteroatoms. The van der Waals surface area contributed by atoms with Crippen LogP contribution in [-0.2, 0) is 4.79 Å². The molecule has 0 radical (unpaired) electrons. The van der Waals surface area contributed by atoms with E-state index >= 15 is 0 Å². The molecule has 23 heavy (non-hydrogen) atoms. The third-order valence-electron chi connectivity index (χ3n) is 4.88. The zero-order chi connectivity index (χ0) is 16.4. The molecule has 4 nitrogen and oxygen atoms in total. The Hall–Kier alpha value is -1.11. The molecule has 0 aliphatic carbocycles. The van der Waals surface area contributed by atoms with Gasteiger partial charge in [0.15, 0.2) is 5.60 Å². The summed E-state index contributed by atoms with van der Waals surface area (Å²) in [6, 6.07) is 6.80. The molecule has 1 aromatic carbocycles. The molecule has 2 aliphatic rings. The van der Waals surface area contributed by atoms with Crippen LogP contribution in [0.2, 0.25) is 0 Å². The van der Waals surface area contributed by atoms with Gasteiger partial charge in [0, 0.05) is 38.0 Å². The van der Waals surface area contributed by atoms with E-state index in [1.807, 2.05) is 6.07 Å². The Labute approximate surface area is 140 Å². The molecule has 2 aliphatic heterocycles. The van der Waals surface area contributed by atoms with Gasteiger partial charge < -0.3 is 10.0 Å². The zero-order valence-corrected chi connectivity index (χ0v) is 14.2. The van der Waals surface area contributed by atoms with Crippen LogP contribution < -0.4 is 0 Å². The van der Waals surface area contributed by atoms with E-state index in [2.05, 4.69) is 11.8 Å². The summed E-state index contributed by atoms with van der Waals surface area (Å²) in [6.45, 7) is 4.78. The second-order valence-corrected chi connectivity index (χ2v) is 7.50. The van der Waals surface area contributed by atoms with Gasteiger partial charge in [-0.05, 0) is 36.8 Å². The first-order chi connectivity index (χ1) is 11.0. The molecule has 0 spiro atoms. The van der Waals surface area contributed by atoms with E-state index in [9.17, 15) is 14.3 Å². The number of amides is 1. The highest BCUT2D eigenvalue weighted by atomic mass is 32.2. The van der Waals surface area contributed by atoms with E-state index in [0.29, 0.717) is 25.3 Å². The van der Waals surface area contributed by atoms with Gasteiger partial charge in [-0.2, -0.15) is 11.8 Å². The Balaban J connectivity index is 1.59. The van der Waals surface area contributed by atoms with E-state index < -0.39 is 5.60 Å². The Morgan fingerprint density at radius 2 is 2.09 bits per heavy atom. The lowest BCUT2D eigenvalue weighted by molar-refractivity contribution is -0.150. The van der Waals surface area contributed by atoms with E-state index in [1.54, 1.807) is 28.8 Å². The molecule has 3 rings (SSSR count). The minimum atomic E-state index is -1.17. The molecule has 0 bridgehead atoms. The maximum Gasteiger partial charge on any atom is 0.255 e. The predicted molar refractivity (Wildman–Crippen MR) is 89.9 cm³/mol. The van der Waals surface area contributed by atoms with Crippen LogP contribution in [0, 0.1) is 5.82 Å². The fraction of sp³-hybridized carbons (Fsp3) is 0.588. The Bertz CT molecular complexity index is 569. The van der Waals surface area contributed by atoms with Crippen molar-refractivity contribution in [2.45, 2.75) is 25.0 Å². The smallest absolute Gasteiger partial charge is 0.255 e. The van der Waals surface area contributed by atoms with Crippen LogP contribution in [0.3, 0.4) is 0 Å². The number of hydrogen-bond donors (Lipinski definition) is 1. The van der Waals surface area contributed by atoms with E-state index in [1.165, 1.54) is 6.07 Å². The van der Waals surface area contributed by atoms with Crippen LogP contribution in [0.25, 0.3) is 0 Å². The summed E-state index contributed by atoms with van der Waals surface area (Å²) in [4.78, 5) is 16.5. The van der Waals surface area contributed by atoms with Crippen molar-refractivity contribution in [2.24, 2.45) is 0 Å². The van der Waals surface area contributed by atoms with Crippen molar-refractivity contribution in [3.8, 4) is 0 Å². The molecule has 2 saturated heterocycles. The van der Waals surface area contributed by atoms with Crippen molar-refractivity contribution >= 4 is 17.7 Å². The minimum absolute atomic E-state index is 0.119. The van der Waals surface area contributed by atoms with Crippen molar-refractivity contribution in [1.82, 2.24) is 9.80 Å². The standard InChI is InChI=1S/C17H23FN2O2S/c1-13(14-3-2-4-15(18)11-14)19-6-8-20(9-7-19)16(21)17(22)5-10-23-12-17/h2-4,11,13,22H,5-10,12H2,1H3/t13-,17-/m0/s1. The van der Waals surface area contributed by atoms with Gasteiger partial charge in [-0.1, -0.05) is 12.1 Å². The maximum absolute atomic E-state index is 13.4. The SMILES string of the molecule is C[C@@H](c1cccc(F)c1)N1CCN(C(=O)[C@]2(O)CCSC2)CC1. The Morgan fingerprint density at radius 1 is 1.35 bits per heavy atom. The van der Waals surface area contributed by atoms with Crippen molar-refractivity contribution in [2.75, 3.05) is 37.7 Å². The number of piperazine rings is 1. The molecule has 0 saturated carbocycles. The number of carbonyl (C=O) groups is 1. The maximum atomic E-state index is 13.4. The summed E-state index contributed by atoms with van der Waals surface area (Å²) in [5, 5.41) is 10.4. The molecule has 0 unspecified atom stereocenters. The molecule has 1 N–H and O–H groups in total. The van der Waals surface area contributed by atoms with Gasteiger partial charge in [-0.3, -0.25) is 9.69 Å². The Kier molecular flexibility index (Phi) is 4.94. The summed E-state index contributed by atoms with van der Waals surface area (Å²) < 4.78 is 13.4. The molecule has 1 aromatic rings. The molecule has 126 valence electrons. The van der Waals surface area contributed by atoms with Crippen molar-refractivity contribution in [3.05, 3.63) is 35.6 Å². The van der Waals surface area contributed by atoms with Crippen molar-refractivity contribution < 1.29 is 14.3 Å². The fourth-order valence-electron chi connectivity index (χ4n) is 3.31. The number of carbonyl (C=O) groups excluding carboxylic acids is 1. The first-order valence-electron chi connectivity index (χ1n) is 8.09. The highest BCUT2D eigenvalue weighted by Crippen LogP contribution is 2.30. The summed E-state index contributed by atoms with van der Waals surface area (Å²) in [6.07, 6.45) is 0.552. The highest BCUT2D eigenvalue weighted by Gasteiger charge is 2.42. The first kappa shape index (κ1) is 16.7. The number of halogens is 1. The molecular weight excluding hydrogens is 315 g/mol. The van der Waals surface area contributed by atoms with Gasteiger partial charge >= 0.3 is 0 Å². The topological polar surface area (TPSA) is 43.8 Å². The quantitative estimate of drug-likeness (QED) is 0.914. The van der Waals surface area contributed by atoms with Gasteiger partial charge in [-0.25, -0.2) is 4.39 Å². The number of rotatable bonds is 3. The van der Waals surface area contributed by atoms with Gasteiger partial charge in [-0.15, -0.1) is 0 Å². The van der Waals surface area contributed by atoms with Gasteiger partial charge in [0.2, 0.25) is 0 Å². The first-order valence-corrected chi connectivity index (χ1v) is 9.24. The number of hydrogen-bond acceptors (Lipinski definition) is 4. The predicted octanol–water partition coefficient (Wildman–Crippen LogP) is 1.90. The average molecular weight is 338 g/mol.